The summed E-state index contributed by atoms with van der Waals surface area (Å²) in [5.41, 5.74) is 21.2. The van der Waals surface area contributed by atoms with Crippen LogP contribution in [0.1, 0.15) is 103 Å². The summed E-state index contributed by atoms with van der Waals surface area (Å²) < 4.78 is 0. The van der Waals surface area contributed by atoms with E-state index in [0.717, 1.165) is 34.8 Å². The molecule has 9 aromatic rings. The third kappa shape index (κ3) is 7.37. The predicted octanol–water partition coefficient (Wildman–Crippen LogP) is 18.5. The van der Waals surface area contributed by atoms with Crippen LogP contribution < -0.4 is 4.90 Å². The highest BCUT2D eigenvalue weighted by Crippen LogP contribution is 2.58. The summed E-state index contributed by atoms with van der Waals surface area (Å²) in [5.74, 6) is 3.28. The minimum absolute atomic E-state index is 0.494. The molecule has 4 aliphatic rings. The van der Waals surface area contributed by atoms with Crippen LogP contribution in [0, 0.1) is 11.8 Å². The number of benzene rings is 9. The second-order valence-electron chi connectivity index (χ2n) is 20.6. The molecule has 0 amide bonds. The van der Waals surface area contributed by atoms with E-state index >= 15 is 0 Å². The fourth-order valence-corrected chi connectivity index (χ4v) is 13.5. The highest BCUT2D eigenvalue weighted by Gasteiger charge is 2.46. The average Bonchev–Trinajstić information content (AvgIpc) is 4.16. The van der Waals surface area contributed by atoms with Crippen LogP contribution in [-0.4, -0.2) is 0 Å². The minimum atomic E-state index is -0.494. The third-order valence-corrected chi connectivity index (χ3v) is 16.9. The summed E-state index contributed by atoms with van der Waals surface area (Å²) in [6.45, 7) is 0. The zero-order valence-corrected chi connectivity index (χ0v) is 39.5. The zero-order valence-electron chi connectivity index (χ0n) is 39.5. The average molecular weight is 890 g/mol. The SMILES string of the molecule is c1ccc(C2(c3ccccc3)c3ccccc3-c3ccc(N(c4ccc(-c5ccc(C6CC7CCC6C7)cc5)cc4)c4ccc(-c5ccccc5-c5ccc(C6CCCCC6)cc5)cc4)cc32)cc1. The van der Waals surface area contributed by atoms with E-state index in [1.807, 2.05) is 0 Å². The summed E-state index contributed by atoms with van der Waals surface area (Å²) in [5, 5.41) is 0. The van der Waals surface area contributed by atoms with Gasteiger partial charge in [0.1, 0.15) is 0 Å². The molecule has 1 nitrogen and oxygen atoms in total. The Labute approximate surface area is 409 Å². The number of nitrogens with zero attached hydrogens (tertiary/aromatic N) is 1. The van der Waals surface area contributed by atoms with E-state index in [1.165, 1.54) is 136 Å². The Hall–Kier alpha value is -7.22. The molecule has 0 aromatic heterocycles. The van der Waals surface area contributed by atoms with Crippen molar-refractivity contribution in [3.63, 3.8) is 0 Å². The maximum Gasteiger partial charge on any atom is 0.0714 e. The third-order valence-electron chi connectivity index (χ3n) is 16.9. The largest absolute Gasteiger partial charge is 0.310 e. The first-order valence-corrected chi connectivity index (χ1v) is 25.8. The van der Waals surface area contributed by atoms with Crippen molar-refractivity contribution in [1.29, 1.82) is 0 Å². The molecule has 2 bridgehead atoms. The molecule has 69 heavy (non-hydrogen) atoms. The standard InChI is InChI=1S/C68H59N/c1-4-14-48(15-5-1)49-26-30-52(31-27-49)61-20-10-11-21-62(61)53-36-40-59(41-37-53)69(58-38-34-51(35-39-58)50-28-32-54(33-29-50)65-45-47-24-25-55(65)44-47)60-42-43-64-63-22-12-13-23-66(63)68(67(64)46-60,56-16-6-2-7-17-56)57-18-8-3-9-19-57/h2-3,6-13,16-23,26-43,46-48,55,65H,1,4-5,14-15,24-25,44-45H2. The first-order valence-electron chi connectivity index (χ1n) is 25.8. The van der Waals surface area contributed by atoms with Gasteiger partial charge in [0, 0.05) is 17.1 Å². The van der Waals surface area contributed by atoms with Crippen LogP contribution in [0.25, 0.3) is 44.5 Å². The number of rotatable bonds is 10. The van der Waals surface area contributed by atoms with Gasteiger partial charge in [-0.1, -0.05) is 214 Å². The highest BCUT2D eigenvalue weighted by atomic mass is 15.1. The van der Waals surface area contributed by atoms with Crippen LogP contribution in [0.4, 0.5) is 17.1 Å². The smallest absolute Gasteiger partial charge is 0.0714 e. The lowest BCUT2D eigenvalue weighted by molar-refractivity contribution is 0.420. The molecule has 0 spiro atoms. The maximum atomic E-state index is 2.48. The van der Waals surface area contributed by atoms with Gasteiger partial charge in [-0.15, -0.1) is 0 Å². The molecule has 0 heterocycles. The van der Waals surface area contributed by atoms with Crippen LogP contribution >= 0.6 is 0 Å². The Morgan fingerprint density at radius 3 is 1.42 bits per heavy atom. The van der Waals surface area contributed by atoms with Gasteiger partial charge in [-0.2, -0.15) is 0 Å². The quantitative estimate of drug-likeness (QED) is 0.132. The van der Waals surface area contributed by atoms with Crippen molar-refractivity contribution in [1.82, 2.24) is 0 Å². The predicted molar refractivity (Wildman–Crippen MR) is 289 cm³/mol. The Bertz CT molecular complexity index is 3190. The first-order chi connectivity index (χ1) is 34.2. The van der Waals surface area contributed by atoms with Crippen molar-refractivity contribution in [2.45, 2.75) is 75.0 Å². The molecule has 336 valence electrons. The van der Waals surface area contributed by atoms with Crippen LogP contribution in [0.3, 0.4) is 0 Å². The number of hydrogen-bond donors (Lipinski definition) is 0. The topological polar surface area (TPSA) is 3.24 Å². The lowest BCUT2D eigenvalue weighted by atomic mass is 9.67. The van der Waals surface area contributed by atoms with Crippen LogP contribution in [0.15, 0.2) is 224 Å². The summed E-state index contributed by atoms with van der Waals surface area (Å²) in [4.78, 5) is 2.46. The van der Waals surface area contributed by atoms with Gasteiger partial charge in [0.15, 0.2) is 0 Å². The number of fused-ring (bicyclic) bond motifs is 5. The van der Waals surface area contributed by atoms with Gasteiger partial charge < -0.3 is 4.90 Å². The van der Waals surface area contributed by atoms with E-state index < -0.39 is 5.41 Å². The second-order valence-corrected chi connectivity index (χ2v) is 20.6. The van der Waals surface area contributed by atoms with Gasteiger partial charge in [0.2, 0.25) is 0 Å². The molecule has 0 aliphatic heterocycles. The molecule has 3 saturated carbocycles. The molecule has 3 atom stereocenters. The van der Waals surface area contributed by atoms with Crippen molar-refractivity contribution < 1.29 is 0 Å². The van der Waals surface area contributed by atoms with Crippen molar-refractivity contribution in [2.75, 3.05) is 4.90 Å². The first kappa shape index (κ1) is 41.9. The van der Waals surface area contributed by atoms with Crippen molar-refractivity contribution >= 4 is 17.1 Å². The Balaban J connectivity index is 0.907. The summed E-state index contributed by atoms with van der Waals surface area (Å²) in [6.07, 6.45) is 12.4. The van der Waals surface area contributed by atoms with Crippen LogP contribution in [-0.2, 0) is 5.41 Å². The van der Waals surface area contributed by atoms with Gasteiger partial charge in [-0.05, 0) is 170 Å². The van der Waals surface area contributed by atoms with E-state index in [9.17, 15) is 0 Å². The van der Waals surface area contributed by atoms with Gasteiger partial charge in [0.05, 0.1) is 5.41 Å². The fraction of sp³-hybridized carbons (Fsp3) is 0.206. The lowest BCUT2D eigenvalue weighted by Crippen LogP contribution is -2.28. The molecule has 0 N–H and O–H groups in total. The molecule has 13 rings (SSSR count). The molecule has 3 unspecified atom stereocenters. The van der Waals surface area contributed by atoms with Crippen molar-refractivity contribution in [3.8, 4) is 44.5 Å². The van der Waals surface area contributed by atoms with E-state index in [-0.39, 0.29) is 0 Å². The molecule has 4 aliphatic carbocycles. The summed E-state index contributed by atoms with van der Waals surface area (Å²) in [7, 11) is 0. The molecule has 9 aromatic carbocycles. The number of anilines is 3. The van der Waals surface area contributed by atoms with Crippen LogP contribution in [0.5, 0.6) is 0 Å². The maximum absolute atomic E-state index is 2.48. The van der Waals surface area contributed by atoms with Crippen molar-refractivity contribution in [2.24, 2.45) is 11.8 Å². The lowest BCUT2D eigenvalue weighted by Gasteiger charge is -2.35. The summed E-state index contributed by atoms with van der Waals surface area (Å²) >= 11 is 0. The molecule has 1 heteroatoms. The van der Waals surface area contributed by atoms with E-state index in [0.29, 0.717) is 5.92 Å². The second kappa shape index (κ2) is 17.7. The molecule has 0 radical (unpaired) electrons. The molecule has 0 saturated heterocycles. The minimum Gasteiger partial charge on any atom is -0.310 e. The zero-order chi connectivity index (χ0) is 45.7. The highest BCUT2D eigenvalue weighted by molar-refractivity contribution is 5.90. The van der Waals surface area contributed by atoms with Gasteiger partial charge in [-0.3, -0.25) is 0 Å². The van der Waals surface area contributed by atoms with Crippen LogP contribution in [0.2, 0.25) is 0 Å². The fourth-order valence-electron chi connectivity index (χ4n) is 13.5. The normalized spacial score (nSPS) is 19.0. The summed E-state index contributed by atoms with van der Waals surface area (Å²) in [6, 6.07) is 85.1. The Kier molecular flexibility index (Phi) is 10.8. The Morgan fingerprint density at radius 2 is 0.841 bits per heavy atom. The van der Waals surface area contributed by atoms with Crippen molar-refractivity contribution in [3.05, 3.63) is 258 Å². The molecular weight excluding hydrogens is 831 g/mol. The Morgan fingerprint density at radius 1 is 0.348 bits per heavy atom. The molecule has 3 fully saturated rings. The van der Waals surface area contributed by atoms with E-state index in [2.05, 4.69) is 229 Å². The number of hydrogen-bond acceptors (Lipinski definition) is 1. The van der Waals surface area contributed by atoms with E-state index in [4.69, 9.17) is 0 Å². The van der Waals surface area contributed by atoms with Gasteiger partial charge in [-0.25, -0.2) is 0 Å². The monoisotopic (exact) mass is 889 g/mol. The molecular formula is C68H59N. The van der Waals surface area contributed by atoms with E-state index in [1.54, 1.807) is 0 Å². The van der Waals surface area contributed by atoms with Gasteiger partial charge in [0.25, 0.3) is 0 Å². The van der Waals surface area contributed by atoms with Gasteiger partial charge >= 0.3 is 0 Å².